The number of nitrogens with one attached hydrogen (secondary N) is 1. The van der Waals surface area contributed by atoms with Crippen LogP contribution >= 0.6 is 0 Å². The average molecular weight is 452 g/mol. The number of nitrogens with zero attached hydrogens (tertiary/aromatic N) is 3. The van der Waals surface area contributed by atoms with Crippen LogP contribution in [0.15, 0.2) is 55.1 Å². The lowest BCUT2D eigenvalue weighted by atomic mass is 9.75. The Balaban J connectivity index is 1.19. The van der Waals surface area contributed by atoms with Crippen LogP contribution in [0.5, 0.6) is 11.6 Å². The summed E-state index contributed by atoms with van der Waals surface area (Å²) in [5.74, 6) is -1.25. The predicted octanol–water partition coefficient (Wildman–Crippen LogP) is 4.48. The number of carbonyl (C=O) groups excluding carboxylic acids is 1. The van der Waals surface area contributed by atoms with E-state index in [0.29, 0.717) is 17.8 Å². The molecule has 170 valence electrons. The minimum Gasteiger partial charge on any atom is -0.619 e. The maximum absolute atomic E-state index is 13.7. The van der Waals surface area contributed by atoms with Gasteiger partial charge in [0.05, 0.1) is 12.4 Å². The molecule has 2 saturated carbocycles. The molecule has 7 nitrogen and oxygen atoms in total. The van der Waals surface area contributed by atoms with Crippen LogP contribution in [0.1, 0.15) is 43.6 Å². The SMILES string of the molecule is O=C(Nc1ccc(Oc2ncc(F)cc2F)cn1)[C@@H]1C[C@]12CCC[C@@H](c1cc[n+]([O-])cc1)C2. The van der Waals surface area contributed by atoms with E-state index >= 15 is 0 Å². The first kappa shape index (κ1) is 21.2. The van der Waals surface area contributed by atoms with Gasteiger partial charge in [-0.25, -0.2) is 18.7 Å². The summed E-state index contributed by atoms with van der Waals surface area (Å²) in [6.07, 6.45) is 10.2. The number of ether oxygens (including phenoxy) is 1. The standard InChI is InChI=1S/C24H22F2N4O3/c25-17-10-20(26)23(28-13-17)33-18-3-4-21(27-14-18)29-22(31)19-12-24(19)7-1-2-16(11-24)15-5-8-30(32)9-6-15/h3-6,8-10,13-14,16,19H,1-2,7,11-12H2,(H,27,29,31)/t16-,19+,24-/m1/s1. The maximum Gasteiger partial charge on any atom is 0.256 e. The van der Waals surface area contributed by atoms with Crippen molar-refractivity contribution in [3.8, 4) is 11.6 Å². The second kappa shape index (κ2) is 8.38. The molecule has 0 aliphatic heterocycles. The third kappa shape index (κ3) is 4.48. The van der Waals surface area contributed by atoms with Crippen molar-refractivity contribution in [3.63, 3.8) is 0 Å². The van der Waals surface area contributed by atoms with Crippen molar-refractivity contribution in [1.82, 2.24) is 9.97 Å². The highest BCUT2D eigenvalue weighted by Crippen LogP contribution is 2.64. The molecule has 3 heterocycles. The Kier molecular flexibility index (Phi) is 5.39. The van der Waals surface area contributed by atoms with Gasteiger partial charge in [0, 0.05) is 24.1 Å². The molecule has 0 saturated heterocycles. The van der Waals surface area contributed by atoms with Crippen molar-refractivity contribution < 1.29 is 23.0 Å². The van der Waals surface area contributed by atoms with Crippen LogP contribution in [0, 0.1) is 28.2 Å². The fraction of sp³-hybridized carbons (Fsp3) is 0.333. The Morgan fingerprint density at radius 3 is 2.70 bits per heavy atom. The first-order valence-corrected chi connectivity index (χ1v) is 10.9. The van der Waals surface area contributed by atoms with Gasteiger partial charge in [0.2, 0.25) is 5.91 Å². The van der Waals surface area contributed by atoms with Crippen molar-refractivity contribution in [1.29, 1.82) is 0 Å². The number of hydrogen-bond acceptors (Lipinski definition) is 5. The fourth-order valence-corrected chi connectivity index (χ4v) is 4.91. The highest BCUT2D eigenvalue weighted by molar-refractivity contribution is 5.94. The monoisotopic (exact) mass is 452 g/mol. The van der Waals surface area contributed by atoms with E-state index in [4.69, 9.17) is 4.74 Å². The van der Waals surface area contributed by atoms with Gasteiger partial charge in [0.15, 0.2) is 18.2 Å². The first-order chi connectivity index (χ1) is 15.9. The van der Waals surface area contributed by atoms with Crippen LogP contribution in [-0.2, 0) is 4.79 Å². The molecule has 33 heavy (non-hydrogen) atoms. The lowest BCUT2D eigenvalue weighted by Gasteiger charge is -2.30. The Bertz CT molecular complexity index is 1170. The molecule has 2 aliphatic rings. The first-order valence-electron chi connectivity index (χ1n) is 10.9. The van der Waals surface area contributed by atoms with Gasteiger partial charge < -0.3 is 15.3 Å². The van der Waals surface area contributed by atoms with Gasteiger partial charge in [0.1, 0.15) is 17.4 Å². The van der Waals surface area contributed by atoms with Crippen LogP contribution in [0.4, 0.5) is 14.6 Å². The van der Waals surface area contributed by atoms with Gasteiger partial charge in [-0.3, -0.25) is 4.79 Å². The zero-order valence-electron chi connectivity index (χ0n) is 17.7. The zero-order valence-corrected chi connectivity index (χ0v) is 17.7. The van der Waals surface area contributed by atoms with Gasteiger partial charge >= 0.3 is 0 Å². The van der Waals surface area contributed by atoms with Crippen LogP contribution in [0.3, 0.4) is 0 Å². The summed E-state index contributed by atoms with van der Waals surface area (Å²) >= 11 is 0. The van der Waals surface area contributed by atoms with Crippen LogP contribution in [0.25, 0.3) is 0 Å². The molecule has 5 rings (SSSR count). The van der Waals surface area contributed by atoms with E-state index in [0.717, 1.165) is 48.6 Å². The van der Waals surface area contributed by atoms with E-state index in [1.807, 2.05) is 12.1 Å². The van der Waals surface area contributed by atoms with E-state index in [9.17, 15) is 18.8 Å². The number of amides is 1. The Morgan fingerprint density at radius 1 is 1.15 bits per heavy atom. The molecule has 1 amide bonds. The fourth-order valence-electron chi connectivity index (χ4n) is 4.91. The predicted molar refractivity (Wildman–Crippen MR) is 114 cm³/mol. The van der Waals surface area contributed by atoms with Gasteiger partial charge in [0.25, 0.3) is 5.88 Å². The quantitative estimate of drug-likeness (QED) is 0.455. The number of hydrogen-bond donors (Lipinski definition) is 1. The average Bonchev–Trinajstić information content (AvgIpc) is 3.50. The summed E-state index contributed by atoms with van der Waals surface area (Å²) < 4.78 is 32.7. The van der Waals surface area contributed by atoms with E-state index < -0.39 is 11.6 Å². The van der Waals surface area contributed by atoms with Crippen molar-refractivity contribution in [2.45, 2.75) is 38.0 Å². The molecule has 3 aromatic rings. The highest BCUT2D eigenvalue weighted by atomic mass is 19.1. The largest absolute Gasteiger partial charge is 0.619 e. The third-order valence-corrected chi connectivity index (χ3v) is 6.66. The number of aromatic nitrogens is 3. The van der Waals surface area contributed by atoms with Crippen molar-refractivity contribution in [3.05, 3.63) is 77.5 Å². The van der Waals surface area contributed by atoms with Gasteiger partial charge in [-0.2, -0.15) is 4.73 Å². The van der Waals surface area contributed by atoms with Crippen LogP contribution < -0.4 is 14.8 Å². The van der Waals surface area contributed by atoms with Crippen molar-refractivity contribution >= 4 is 11.7 Å². The van der Waals surface area contributed by atoms with Crippen molar-refractivity contribution in [2.24, 2.45) is 11.3 Å². The number of halogens is 2. The molecule has 0 radical (unpaired) electrons. The maximum atomic E-state index is 13.7. The van der Waals surface area contributed by atoms with Gasteiger partial charge in [-0.05, 0) is 54.7 Å². The topological polar surface area (TPSA) is 91.0 Å². The van der Waals surface area contributed by atoms with Gasteiger partial charge in [-0.1, -0.05) is 6.42 Å². The summed E-state index contributed by atoms with van der Waals surface area (Å²) in [7, 11) is 0. The van der Waals surface area contributed by atoms with E-state index in [-0.39, 0.29) is 28.9 Å². The highest BCUT2D eigenvalue weighted by Gasteiger charge is 2.59. The molecule has 9 heteroatoms. The Morgan fingerprint density at radius 2 is 1.97 bits per heavy atom. The van der Waals surface area contributed by atoms with Crippen molar-refractivity contribution in [2.75, 3.05) is 5.32 Å². The van der Waals surface area contributed by atoms with E-state index in [1.54, 1.807) is 6.07 Å². The molecule has 0 bridgehead atoms. The van der Waals surface area contributed by atoms with Gasteiger partial charge in [-0.15, -0.1) is 0 Å². The minimum absolute atomic E-state index is 0.00507. The second-order valence-electron chi connectivity index (χ2n) is 8.81. The van der Waals surface area contributed by atoms with E-state index in [2.05, 4.69) is 15.3 Å². The minimum atomic E-state index is -0.917. The Labute approximate surface area is 189 Å². The Hall–Kier alpha value is -3.62. The second-order valence-corrected chi connectivity index (χ2v) is 8.81. The lowest BCUT2D eigenvalue weighted by molar-refractivity contribution is -0.605. The summed E-state index contributed by atoms with van der Waals surface area (Å²) in [4.78, 5) is 20.6. The molecule has 2 aliphatic carbocycles. The molecule has 3 aromatic heterocycles. The normalized spacial score (nSPS) is 23.8. The molecular weight excluding hydrogens is 430 g/mol. The summed E-state index contributed by atoms with van der Waals surface area (Å²) in [6, 6.07) is 7.52. The third-order valence-electron chi connectivity index (χ3n) is 6.66. The number of rotatable bonds is 5. The smallest absolute Gasteiger partial charge is 0.256 e. The molecule has 3 atom stereocenters. The summed E-state index contributed by atoms with van der Waals surface area (Å²) in [6.45, 7) is 0. The molecular formula is C24H22F2N4O3. The molecule has 2 fully saturated rings. The zero-order chi connectivity index (χ0) is 23.0. The molecule has 1 N–H and O–H groups in total. The lowest BCUT2D eigenvalue weighted by Crippen LogP contribution is -2.26. The van der Waals surface area contributed by atoms with E-state index in [1.165, 1.54) is 24.7 Å². The van der Waals surface area contributed by atoms with Crippen LogP contribution in [0.2, 0.25) is 0 Å². The molecule has 1 spiro atoms. The van der Waals surface area contributed by atoms with Crippen LogP contribution in [-0.4, -0.2) is 15.9 Å². The number of pyridine rings is 3. The number of carbonyl (C=O) groups is 1. The summed E-state index contributed by atoms with van der Waals surface area (Å²) in [5.41, 5.74) is 1.15. The molecule has 0 aromatic carbocycles. The molecule has 0 unspecified atom stereocenters. The number of anilines is 1. The summed E-state index contributed by atoms with van der Waals surface area (Å²) in [5, 5.41) is 14.2.